The molecule has 40 heavy (non-hydrogen) atoms. The summed E-state index contributed by atoms with van der Waals surface area (Å²) in [6, 6.07) is 17.8. The predicted molar refractivity (Wildman–Crippen MR) is 151 cm³/mol. The highest BCUT2D eigenvalue weighted by atomic mass is 16.2. The number of nitrogens with zero attached hydrogens (tertiary/aromatic N) is 1. The summed E-state index contributed by atoms with van der Waals surface area (Å²) in [5.74, 6) is -0.894. The molecular weight excluding hydrogens is 508 g/mol. The van der Waals surface area contributed by atoms with Crippen LogP contribution in [0.2, 0.25) is 0 Å². The summed E-state index contributed by atoms with van der Waals surface area (Å²) in [5.41, 5.74) is 14.3. The molecule has 0 saturated carbocycles. The minimum atomic E-state index is -0.829. The Morgan fingerprint density at radius 1 is 0.925 bits per heavy atom. The number of nitrogens with one attached hydrogen (secondary N) is 3. The first kappa shape index (κ1) is 30.6. The number of benzene rings is 2. The first-order chi connectivity index (χ1) is 19.4. The molecule has 11 heteroatoms. The van der Waals surface area contributed by atoms with Crippen molar-refractivity contribution in [1.82, 2.24) is 10.2 Å². The number of rotatable bonds is 16. The highest BCUT2D eigenvalue weighted by Gasteiger charge is 2.29. The fourth-order valence-corrected chi connectivity index (χ4v) is 4.46. The molecule has 3 amide bonds. The van der Waals surface area contributed by atoms with Crippen LogP contribution in [-0.4, -0.2) is 74.0 Å². The van der Waals surface area contributed by atoms with Crippen molar-refractivity contribution in [1.29, 1.82) is 0 Å². The van der Waals surface area contributed by atoms with Crippen molar-refractivity contribution in [2.24, 2.45) is 0 Å². The van der Waals surface area contributed by atoms with Crippen LogP contribution in [0.5, 0.6) is 0 Å². The van der Waals surface area contributed by atoms with Gasteiger partial charge in [-0.1, -0.05) is 42.5 Å². The summed E-state index contributed by atoms with van der Waals surface area (Å²) in [6.07, 6.45) is 2.69. The third-order valence-electron chi connectivity index (χ3n) is 6.70. The molecule has 0 unspecified atom stereocenters. The van der Waals surface area contributed by atoms with E-state index in [0.29, 0.717) is 38.2 Å². The molecule has 14 N–H and O–H groups in total. The van der Waals surface area contributed by atoms with Crippen molar-refractivity contribution >= 4 is 34.3 Å². The molecule has 2 atom stereocenters. The van der Waals surface area contributed by atoms with Crippen LogP contribution in [0.15, 0.2) is 66.9 Å². The third kappa shape index (κ3) is 9.69. The lowest BCUT2D eigenvalue weighted by Crippen LogP contribution is -2.89. The quantitative estimate of drug-likeness (QED) is 0.101. The van der Waals surface area contributed by atoms with E-state index < -0.39 is 18.0 Å². The van der Waals surface area contributed by atoms with Crippen LogP contribution in [0, 0.1) is 0 Å². The van der Waals surface area contributed by atoms with Crippen LogP contribution >= 0.6 is 0 Å². The number of carbonyl (C=O) groups is 3. The molecule has 0 spiro atoms. The maximum atomic E-state index is 13.4. The molecule has 11 nitrogen and oxygen atoms in total. The van der Waals surface area contributed by atoms with Crippen molar-refractivity contribution in [2.45, 2.75) is 31.3 Å². The number of aryl methyl sites for hydroxylation is 1. The van der Waals surface area contributed by atoms with E-state index in [4.69, 9.17) is 0 Å². The zero-order valence-corrected chi connectivity index (χ0v) is 23.2. The van der Waals surface area contributed by atoms with Gasteiger partial charge in [0.2, 0.25) is 17.3 Å². The lowest BCUT2D eigenvalue weighted by atomic mass is 10.0. The summed E-state index contributed by atoms with van der Waals surface area (Å²) in [4.78, 5) is 44.4. The first-order valence-corrected chi connectivity index (χ1v) is 14.0. The number of carbonyl (C=O) groups excluding carboxylic acids is 3. The van der Waals surface area contributed by atoms with Crippen LogP contribution in [0.4, 0.5) is 5.69 Å². The monoisotopic (exact) mass is 553 g/mol. The second kappa shape index (κ2) is 16.3. The third-order valence-corrected chi connectivity index (χ3v) is 6.70. The molecule has 1 aromatic heterocycles. The Bertz CT molecular complexity index is 1240. The standard InChI is InChI=1S/C29H40N8O3/c30-12-14-33-15-17-37(16-13-31)27(38)19-24(32)28(39)36-26(11-10-21-6-2-1-3-7-21)29(40)35-23-18-22-8-4-5-9-25(22)34-20-23/h1-9,18,20,24,26,33H,10-17,19,30-32H2,(H,35,40)(H,36,39)/p+5/t24-,26-/m0/s1. The number of anilines is 1. The summed E-state index contributed by atoms with van der Waals surface area (Å²) < 4.78 is 0. The minimum absolute atomic E-state index is 0.0339. The van der Waals surface area contributed by atoms with E-state index in [2.05, 4.69) is 38.1 Å². The van der Waals surface area contributed by atoms with E-state index in [-0.39, 0.29) is 18.2 Å². The summed E-state index contributed by atoms with van der Waals surface area (Å²) in [7, 11) is 0. The smallest absolute Gasteiger partial charge is 0.279 e. The van der Waals surface area contributed by atoms with Gasteiger partial charge in [-0.15, -0.1) is 0 Å². The van der Waals surface area contributed by atoms with E-state index in [0.717, 1.165) is 36.1 Å². The van der Waals surface area contributed by atoms with Gasteiger partial charge in [-0.05, 0) is 30.5 Å². The molecule has 2 aromatic carbocycles. The molecular formula is C29H45N8O3+5. The summed E-state index contributed by atoms with van der Waals surface area (Å²) in [5, 5.41) is 8.86. The molecule has 0 saturated heterocycles. The number of pyridine rings is 1. The largest absolute Gasteiger partial charge is 0.356 e. The molecule has 0 radical (unpaired) electrons. The SMILES string of the molecule is [NH3+]CC[NH2+]CCN(CC[NH3+])C(=O)C[C@H]([NH3+])C(=O)N[C@@H](CCc1ccccc1)C(=O)Nc1c[nH+]c2ccccc2c1. The van der Waals surface area contributed by atoms with Gasteiger partial charge in [0.1, 0.15) is 24.8 Å². The number of nitrogens with two attached hydrogens (primary N) is 1. The summed E-state index contributed by atoms with van der Waals surface area (Å²) >= 11 is 0. The lowest BCUT2D eigenvalue weighted by Gasteiger charge is -2.22. The highest BCUT2D eigenvalue weighted by molar-refractivity contribution is 5.98. The average Bonchev–Trinajstić information content (AvgIpc) is 2.97. The van der Waals surface area contributed by atoms with Crippen LogP contribution in [-0.2, 0) is 20.8 Å². The van der Waals surface area contributed by atoms with Crippen LogP contribution in [0.1, 0.15) is 18.4 Å². The molecule has 3 rings (SSSR count). The zero-order valence-electron chi connectivity index (χ0n) is 23.2. The van der Waals surface area contributed by atoms with Crippen molar-refractivity contribution in [3.05, 3.63) is 72.4 Å². The van der Waals surface area contributed by atoms with Crippen LogP contribution in [0.25, 0.3) is 10.9 Å². The normalized spacial score (nSPS) is 12.5. The number of H-pyrrole nitrogens is 1. The predicted octanol–water partition coefficient (Wildman–Crippen LogP) is -3.41. The van der Waals surface area contributed by atoms with Crippen molar-refractivity contribution in [2.75, 3.05) is 44.6 Å². The second-order valence-electron chi connectivity index (χ2n) is 9.91. The molecule has 0 bridgehead atoms. The van der Waals surface area contributed by atoms with Crippen molar-refractivity contribution in [3.63, 3.8) is 0 Å². The summed E-state index contributed by atoms with van der Waals surface area (Å²) in [6.45, 7) is 4.18. The van der Waals surface area contributed by atoms with Crippen LogP contribution in [0.3, 0.4) is 0 Å². The maximum absolute atomic E-state index is 13.4. The molecule has 214 valence electrons. The van der Waals surface area contributed by atoms with Gasteiger partial charge in [0, 0.05) is 11.5 Å². The number of fused-ring (bicyclic) bond motifs is 1. The van der Waals surface area contributed by atoms with E-state index in [9.17, 15) is 14.4 Å². The number of hydrogen-bond donors (Lipinski definition) is 6. The molecule has 0 aliphatic rings. The number of amides is 3. The molecule has 0 aliphatic heterocycles. The Balaban J connectivity index is 1.65. The second-order valence-corrected chi connectivity index (χ2v) is 9.91. The van der Waals surface area contributed by atoms with E-state index in [1.165, 1.54) is 0 Å². The Morgan fingerprint density at radius 3 is 2.42 bits per heavy atom. The average molecular weight is 554 g/mol. The van der Waals surface area contributed by atoms with Gasteiger partial charge >= 0.3 is 0 Å². The molecule has 0 aliphatic carbocycles. The van der Waals surface area contributed by atoms with Crippen molar-refractivity contribution in [3.8, 4) is 0 Å². The highest BCUT2D eigenvalue weighted by Crippen LogP contribution is 2.14. The number of hydrogen-bond acceptors (Lipinski definition) is 3. The number of para-hydroxylation sites is 1. The zero-order chi connectivity index (χ0) is 28.7. The van der Waals surface area contributed by atoms with E-state index >= 15 is 0 Å². The number of aromatic nitrogens is 1. The minimum Gasteiger partial charge on any atom is -0.356 e. The van der Waals surface area contributed by atoms with E-state index in [1.807, 2.05) is 60.7 Å². The fraction of sp³-hybridized carbons (Fsp3) is 0.379. The Labute approximate surface area is 234 Å². The van der Waals surface area contributed by atoms with Crippen molar-refractivity contribution < 1.29 is 41.9 Å². The molecule has 1 heterocycles. The molecule has 0 fully saturated rings. The fourth-order valence-electron chi connectivity index (χ4n) is 4.46. The van der Waals surface area contributed by atoms with Gasteiger partial charge in [-0.3, -0.25) is 14.4 Å². The maximum Gasteiger partial charge on any atom is 0.279 e. The van der Waals surface area contributed by atoms with Gasteiger partial charge in [0.05, 0.1) is 32.6 Å². The van der Waals surface area contributed by atoms with Gasteiger partial charge in [0.15, 0.2) is 12.2 Å². The Hall–Kier alpha value is -3.90. The Kier molecular flexibility index (Phi) is 12.5. The topological polar surface area (TPSA) is 192 Å². The van der Waals surface area contributed by atoms with Gasteiger partial charge in [0.25, 0.3) is 5.91 Å². The van der Waals surface area contributed by atoms with E-state index in [1.54, 1.807) is 11.1 Å². The van der Waals surface area contributed by atoms with Crippen LogP contribution < -0.4 is 38.1 Å². The van der Waals surface area contributed by atoms with Gasteiger partial charge in [-0.25, -0.2) is 4.98 Å². The van der Waals surface area contributed by atoms with Gasteiger partial charge in [-0.2, -0.15) is 0 Å². The van der Waals surface area contributed by atoms with Gasteiger partial charge < -0.3 is 38.1 Å². The first-order valence-electron chi connectivity index (χ1n) is 14.0. The molecule has 3 aromatic rings. The number of quaternary nitrogens is 4. The number of aromatic amines is 1. The Morgan fingerprint density at radius 2 is 1.68 bits per heavy atom. The lowest BCUT2D eigenvalue weighted by molar-refractivity contribution is -0.669.